The fraction of sp³-hybridized carbons (Fsp3) is 0.269. The Bertz CT molecular complexity index is 1470. The third-order valence-electron chi connectivity index (χ3n) is 5.67. The summed E-state index contributed by atoms with van der Waals surface area (Å²) in [7, 11) is 3.16. The lowest BCUT2D eigenvalue weighted by Crippen LogP contribution is -2.39. The molecule has 1 aromatic heterocycles. The molecular weight excluding hydrogens is 484 g/mol. The van der Waals surface area contributed by atoms with E-state index in [1.807, 2.05) is 36.6 Å². The van der Waals surface area contributed by atoms with E-state index >= 15 is 0 Å². The number of thiazole rings is 1. The highest BCUT2D eigenvalue weighted by molar-refractivity contribution is 7.98. The van der Waals surface area contributed by atoms with Crippen LogP contribution >= 0.6 is 23.1 Å². The maximum absolute atomic E-state index is 13.7. The predicted molar refractivity (Wildman–Crippen MR) is 138 cm³/mol. The van der Waals surface area contributed by atoms with E-state index in [0.717, 1.165) is 10.5 Å². The van der Waals surface area contributed by atoms with Crippen LogP contribution in [-0.2, 0) is 9.53 Å². The van der Waals surface area contributed by atoms with Gasteiger partial charge in [-0.3, -0.25) is 9.36 Å². The van der Waals surface area contributed by atoms with Crippen molar-refractivity contribution in [2.24, 2.45) is 4.99 Å². The smallest absolute Gasteiger partial charge is 0.338 e. The largest absolute Gasteiger partial charge is 0.497 e. The number of benzene rings is 2. The molecule has 7 nitrogen and oxygen atoms in total. The number of rotatable bonds is 7. The fourth-order valence-electron chi connectivity index (χ4n) is 3.99. The average Bonchev–Trinajstić information content (AvgIpc) is 3.17. The summed E-state index contributed by atoms with van der Waals surface area (Å²) in [5.74, 6) is 0.790. The highest BCUT2D eigenvalue weighted by Crippen LogP contribution is 2.32. The Hall–Kier alpha value is -3.30. The summed E-state index contributed by atoms with van der Waals surface area (Å²) in [6.45, 7) is 3.76. The number of carbonyl (C=O) groups excluding carboxylic acids is 1. The second-order valence-electron chi connectivity index (χ2n) is 7.68. The van der Waals surface area contributed by atoms with Crippen molar-refractivity contribution in [3.05, 3.63) is 84.5 Å². The van der Waals surface area contributed by atoms with E-state index in [0.29, 0.717) is 37.7 Å². The van der Waals surface area contributed by atoms with E-state index in [-0.39, 0.29) is 12.2 Å². The minimum Gasteiger partial charge on any atom is -0.497 e. The normalized spacial score (nSPS) is 15.5. The van der Waals surface area contributed by atoms with Crippen LogP contribution in [0.4, 0.5) is 0 Å². The Morgan fingerprint density at radius 3 is 2.54 bits per heavy atom. The van der Waals surface area contributed by atoms with Crippen molar-refractivity contribution in [2.75, 3.05) is 27.1 Å². The summed E-state index contributed by atoms with van der Waals surface area (Å²) in [5.41, 5.74) is 2.17. The maximum Gasteiger partial charge on any atom is 0.338 e. The number of allylic oxidation sites excluding steroid dienone is 1. The average molecular weight is 511 g/mol. The summed E-state index contributed by atoms with van der Waals surface area (Å²) in [6, 6.07) is 12.6. The maximum atomic E-state index is 13.7. The zero-order chi connectivity index (χ0) is 25.1. The Balaban J connectivity index is 1.95. The third-order valence-corrected chi connectivity index (χ3v) is 7.40. The van der Waals surface area contributed by atoms with Crippen molar-refractivity contribution in [2.45, 2.75) is 24.8 Å². The van der Waals surface area contributed by atoms with Crippen molar-refractivity contribution in [1.82, 2.24) is 4.57 Å². The van der Waals surface area contributed by atoms with Gasteiger partial charge in [0.15, 0.2) is 4.80 Å². The monoisotopic (exact) mass is 510 g/mol. The van der Waals surface area contributed by atoms with Crippen LogP contribution in [0.2, 0.25) is 0 Å². The van der Waals surface area contributed by atoms with Gasteiger partial charge in [0.05, 0.1) is 42.7 Å². The number of thioether (sulfide) groups is 1. The van der Waals surface area contributed by atoms with Gasteiger partial charge in [0, 0.05) is 10.5 Å². The molecule has 0 amide bonds. The summed E-state index contributed by atoms with van der Waals surface area (Å²) in [6.07, 6.45) is 3.77. The molecular formula is C26H26N2O5S2. The lowest BCUT2D eigenvalue weighted by molar-refractivity contribution is -0.139. The van der Waals surface area contributed by atoms with Crippen molar-refractivity contribution in [3.63, 3.8) is 0 Å². The first-order chi connectivity index (χ1) is 16.9. The van der Waals surface area contributed by atoms with E-state index in [1.165, 1.54) is 11.3 Å². The first kappa shape index (κ1) is 24.8. The van der Waals surface area contributed by atoms with E-state index in [9.17, 15) is 9.59 Å². The molecule has 2 aromatic carbocycles. The van der Waals surface area contributed by atoms with Crippen LogP contribution in [-0.4, -0.2) is 37.6 Å². The number of carbonyl (C=O) groups is 1. The lowest BCUT2D eigenvalue weighted by Gasteiger charge is -2.24. The number of hydrogen-bond acceptors (Lipinski definition) is 8. The zero-order valence-electron chi connectivity index (χ0n) is 20.2. The first-order valence-electron chi connectivity index (χ1n) is 11.0. The van der Waals surface area contributed by atoms with Gasteiger partial charge in [-0.15, -0.1) is 11.8 Å². The van der Waals surface area contributed by atoms with Crippen molar-refractivity contribution in [3.8, 4) is 11.5 Å². The lowest BCUT2D eigenvalue weighted by atomic mass is 9.96. The zero-order valence-corrected chi connectivity index (χ0v) is 21.8. The third kappa shape index (κ3) is 4.78. The summed E-state index contributed by atoms with van der Waals surface area (Å²) < 4.78 is 18.2. The van der Waals surface area contributed by atoms with Crippen molar-refractivity contribution in [1.29, 1.82) is 0 Å². The molecule has 4 rings (SSSR count). The van der Waals surface area contributed by atoms with Gasteiger partial charge < -0.3 is 14.2 Å². The molecule has 0 N–H and O–H groups in total. The summed E-state index contributed by atoms with van der Waals surface area (Å²) in [5, 5.41) is 0. The van der Waals surface area contributed by atoms with Crippen LogP contribution < -0.4 is 24.4 Å². The highest BCUT2D eigenvalue weighted by Gasteiger charge is 2.33. The van der Waals surface area contributed by atoms with Crippen LogP contribution in [0.15, 0.2) is 68.4 Å². The van der Waals surface area contributed by atoms with Gasteiger partial charge in [-0.25, -0.2) is 9.79 Å². The quantitative estimate of drug-likeness (QED) is 0.357. The second kappa shape index (κ2) is 10.5. The van der Waals surface area contributed by atoms with Crippen LogP contribution in [0.5, 0.6) is 11.5 Å². The van der Waals surface area contributed by atoms with Gasteiger partial charge in [-0.2, -0.15) is 0 Å². The number of hydrogen-bond donors (Lipinski definition) is 0. The van der Waals surface area contributed by atoms with Crippen LogP contribution in [0.3, 0.4) is 0 Å². The fourth-order valence-corrected chi connectivity index (χ4v) is 5.43. The molecule has 1 aliphatic rings. The number of esters is 1. The minimum atomic E-state index is -0.643. The molecule has 9 heteroatoms. The molecule has 182 valence electrons. The number of aromatic nitrogens is 1. The molecule has 2 heterocycles. The number of fused-ring (bicyclic) bond motifs is 1. The Morgan fingerprint density at radius 2 is 1.91 bits per heavy atom. The van der Waals surface area contributed by atoms with Crippen molar-refractivity contribution < 1.29 is 19.0 Å². The standard InChI is InChI=1S/C26H26N2O5S2/c1-6-33-25(30)22-15(2)27-26-28(23(22)16-7-10-19(34-5)11-8-16)24(29)21(35-26)14-17-13-18(31-3)9-12-20(17)32-4/h7-14,23H,6H2,1-5H3/b21-14-. The number of nitrogens with zero attached hydrogens (tertiary/aromatic N) is 2. The molecule has 3 aromatic rings. The molecule has 35 heavy (non-hydrogen) atoms. The number of methoxy groups -OCH3 is 2. The van der Waals surface area contributed by atoms with Gasteiger partial charge >= 0.3 is 5.97 Å². The molecule has 0 saturated heterocycles. The number of ether oxygens (including phenoxy) is 3. The molecule has 0 fully saturated rings. The SMILES string of the molecule is CCOC(=O)C1=C(C)N=c2s/c(=C\c3cc(OC)ccc3OC)c(=O)n2C1c1ccc(SC)cc1. The molecule has 0 spiro atoms. The molecule has 0 bridgehead atoms. The second-order valence-corrected chi connectivity index (χ2v) is 9.57. The van der Waals surface area contributed by atoms with Gasteiger partial charge in [-0.1, -0.05) is 23.5 Å². The van der Waals surface area contributed by atoms with Gasteiger partial charge in [-0.05, 0) is 62.1 Å². The van der Waals surface area contributed by atoms with E-state index < -0.39 is 12.0 Å². The molecule has 1 unspecified atom stereocenters. The molecule has 0 aliphatic carbocycles. The van der Waals surface area contributed by atoms with E-state index in [4.69, 9.17) is 14.2 Å². The molecule has 1 aliphatic heterocycles. The topological polar surface area (TPSA) is 79.1 Å². The van der Waals surface area contributed by atoms with Crippen LogP contribution in [0.25, 0.3) is 6.08 Å². The van der Waals surface area contributed by atoms with Crippen molar-refractivity contribution >= 4 is 35.1 Å². The predicted octanol–water partition coefficient (Wildman–Crippen LogP) is 3.54. The Kier molecular flexibility index (Phi) is 7.47. The van der Waals surface area contributed by atoms with Crippen LogP contribution in [0, 0.1) is 0 Å². The van der Waals surface area contributed by atoms with Gasteiger partial charge in [0.25, 0.3) is 5.56 Å². The molecule has 1 atom stereocenters. The van der Waals surface area contributed by atoms with Gasteiger partial charge in [0.1, 0.15) is 11.5 Å². The highest BCUT2D eigenvalue weighted by atomic mass is 32.2. The minimum absolute atomic E-state index is 0.230. The first-order valence-corrected chi connectivity index (χ1v) is 13.0. The van der Waals surface area contributed by atoms with Gasteiger partial charge in [0.2, 0.25) is 0 Å². The van der Waals surface area contributed by atoms with E-state index in [2.05, 4.69) is 4.99 Å². The Morgan fingerprint density at radius 1 is 1.17 bits per heavy atom. The van der Waals surface area contributed by atoms with E-state index in [1.54, 1.807) is 62.6 Å². The summed E-state index contributed by atoms with van der Waals surface area (Å²) >= 11 is 2.89. The van der Waals surface area contributed by atoms with Crippen LogP contribution in [0.1, 0.15) is 31.0 Å². The summed E-state index contributed by atoms with van der Waals surface area (Å²) in [4.78, 5) is 33.0. The molecule has 0 radical (unpaired) electrons. The molecule has 0 saturated carbocycles. The Labute approximate surface area is 211 Å².